The van der Waals surface area contributed by atoms with Gasteiger partial charge in [0.1, 0.15) is 0 Å². The Morgan fingerprint density at radius 1 is 0.591 bits per heavy atom. The number of hydrogen-bond acceptors (Lipinski definition) is 0. The molecule has 22 heavy (non-hydrogen) atoms. The van der Waals surface area contributed by atoms with Gasteiger partial charge in [0.2, 0.25) is 5.82 Å². The minimum atomic E-state index is -6.02. The summed E-state index contributed by atoms with van der Waals surface area (Å²) >= 11 is 0. The van der Waals surface area contributed by atoms with Crippen LogP contribution in [-0.4, -0.2) is 12.4 Å². The maximum absolute atomic E-state index is 13.3. The molecule has 0 saturated carbocycles. The minimum absolute atomic E-state index is 0.194. The van der Waals surface area contributed by atoms with Crippen molar-refractivity contribution in [1.29, 1.82) is 0 Å². The second kappa shape index (κ2) is 5.43. The summed E-state index contributed by atoms with van der Waals surface area (Å²) in [5.74, 6) is -14.4. The molecule has 0 unspecified atom stereocenters. The number of allylic oxidation sites excluding steroid dienone is 2. The SMILES string of the molecule is C/C(=C(\c1c(F)c(F)c(F)c(F)c1F)C(F)(F)F)C(F)(F)F. The summed E-state index contributed by atoms with van der Waals surface area (Å²) < 4.78 is 140. The fraction of sp³-hybridized carbons (Fsp3) is 0.273. The molecule has 1 rings (SSSR count). The first-order chi connectivity index (χ1) is 9.71. The highest BCUT2D eigenvalue weighted by Crippen LogP contribution is 2.44. The first-order valence-electron chi connectivity index (χ1n) is 5.08. The number of alkyl halides is 6. The summed E-state index contributed by atoms with van der Waals surface area (Å²) in [5.41, 5.74) is -8.23. The molecule has 0 fully saturated rings. The third-order valence-electron chi connectivity index (χ3n) is 2.54. The smallest absolute Gasteiger partial charge is 0.203 e. The molecule has 0 saturated heterocycles. The first kappa shape index (κ1) is 18.2. The van der Waals surface area contributed by atoms with Gasteiger partial charge in [0.25, 0.3) is 0 Å². The van der Waals surface area contributed by atoms with Crippen molar-refractivity contribution in [3.8, 4) is 0 Å². The van der Waals surface area contributed by atoms with Gasteiger partial charge in [-0.1, -0.05) is 0 Å². The van der Waals surface area contributed by atoms with Crippen LogP contribution in [0.4, 0.5) is 48.3 Å². The molecule has 0 atom stereocenters. The van der Waals surface area contributed by atoms with Crippen molar-refractivity contribution in [2.75, 3.05) is 0 Å². The van der Waals surface area contributed by atoms with Crippen molar-refractivity contribution in [3.05, 3.63) is 40.2 Å². The van der Waals surface area contributed by atoms with Crippen molar-refractivity contribution in [2.45, 2.75) is 19.3 Å². The van der Waals surface area contributed by atoms with Gasteiger partial charge in [-0.25, -0.2) is 22.0 Å². The van der Waals surface area contributed by atoms with E-state index in [0.29, 0.717) is 0 Å². The monoisotopic (exact) mass is 344 g/mol. The molecular weight excluding hydrogens is 341 g/mol. The first-order valence-corrected chi connectivity index (χ1v) is 5.08. The summed E-state index contributed by atoms with van der Waals surface area (Å²) in [6, 6.07) is 0. The van der Waals surface area contributed by atoms with Crippen molar-refractivity contribution in [2.24, 2.45) is 0 Å². The molecule has 1 aromatic carbocycles. The van der Waals surface area contributed by atoms with Crippen LogP contribution >= 0.6 is 0 Å². The van der Waals surface area contributed by atoms with Gasteiger partial charge in [0, 0.05) is 5.57 Å². The topological polar surface area (TPSA) is 0 Å². The van der Waals surface area contributed by atoms with Crippen LogP contribution in [0, 0.1) is 29.1 Å². The zero-order valence-electron chi connectivity index (χ0n) is 10.2. The fourth-order valence-corrected chi connectivity index (χ4v) is 1.51. The van der Waals surface area contributed by atoms with Gasteiger partial charge in [-0.3, -0.25) is 0 Å². The molecule has 0 nitrogen and oxygen atoms in total. The molecule has 0 heterocycles. The van der Waals surface area contributed by atoms with Crippen LogP contribution < -0.4 is 0 Å². The predicted octanol–water partition coefficient (Wildman–Crippen LogP) is 5.28. The summed E-state index contributed by atoms with van der Waals surface area (Å²) in [4.78, 5) is 0. The fourth-order valence-electron chi connectivity index (χ4n) is 1.51. The van der Waals surface area contributed by atoms with Gasteiger partial charge >= 0.3 is 12.4 Å². The van der Waals surface area contributed by atoms with Gasteiger partial charge in [0.15, 0.2) is 23.3 Å². The van der Waals surface area contributed by atoms with E-state index in [-0.39, 0.29) is 6.92 Å². The van der Waals surface area contributed by atoms with E-state index in [1.54, 1.807) is 0 Å². The van der Waals surface area contributed by atoms with Gasteiger partial charge in [-0.05, 0) is 6.92 Å². The lowest BCUT2D eigenvalue weighted by Crippen LogP contribution is -2.23. The second-order valence-corrected chi connectivity index (χ2v) is 3.94. The quantitative estimate of drug-likeness (QED) is 0.369. The van der Waals surface area contributed by atoms with Crippen molar-refractivity contribution < 1.29 is 48.3 Å². The van der Waals surface area contributed by atoms with Crippen LogP contribution in [0.15, 0.2) is 5.57 Å². The molecular formula is C11H3F11. The Kier molecular flexibility index (Phi) is 4.50. The zero-order chi connectivity index (χ0) is 17.6. The van der Waals surface area contributed by atoms with E-state index in [1.807, 2.05) is 0 Å². The second-order valence-electron chi connectivity index (χ2n) is 3.94. The zero-order valence-corrected chi connectivity index (χ0v) is 10.2. The Labute approximate surface area is 114 Å². The maximum atomic E-state index is 13.3. The Hall–Kier alpha value is -1.81. The predicted molar refractivity (Wildman–Crippen MR) is 50.9 cm³/mol. The molecule has 124 valence electrons. The molecule has 1 aromatic rings. The van der Waals surface area contributed by atoms with E-state index in [9.17, 15) is 48.3 Å². The van der Waals surface area contributed by atoms with Gasteiger partial charge in [-0.15, -0.1) is 0 Å². The van der Waals surface area contributed by atoms with Crippen LogP contribution in [0.3, 0.4) is 0 Å². The number of benzene rings is 1. The van der Waals surface area contributed by atoms with Crippen LogP contribution in [-0.2, 0) is 0 Å². The van der Waals surface area contributed by atoms with E-state index >= 15 is 0 Å². The largest absolute Gasteiger partial charge is 0.417 e. The third-order valence-corrected chi connectivity index (χ3v) is 2.54. The van der Waals surface area contributed by atoms with Crippen molar-refractivity contribution in [1.82, 2.24) is 0 Å². The molecule has 0 aliphatic rings. The number of rotatable bonds is 1. The maximum Gasteiger partial charge on any atom is 0.417 e. The van der Waals surface area contributed by atoms with E-state index < -0.39 is 58.1 Å². The Morgan fingerprint density at radius 3 is 1.18 bits per heavy atom. The summed E-state index contributed by atoms with van der Waals surface area (Å²) in [6.07, 6.45) is -11.7. The normalized spacial score (nSPS) is 14.2. The van der Waals surface area contributed by atoms with Crippen LogP contribution in [0.5, 0.6) is 0 Å². The highest BCUT2D eigenvalue weighted by atomic mass is 19.4. The van der Waals surface area contributed by atoms with Crippen LogP contribution in [0.2, 0.25) is 0 Å². The highest BCUT2D eigenvalue weighted by Gasteiger charge is 2.47. The van der Waals surface area contributed by atoms with E-state index in [4.69, 9.17) is 0 Å². The summed E-state index contributed by atoms with van der Waals surface area (Å²) in [7, 11) is 0. The van der Waals surface area contributed by atoms with Crippen molar-refractivity contribution in [3.63, 3.8) is 0 Å². The Balaban J connectivity index is 3.98. The number of hydrogen-bond donors (Lipinski definition) is 0. The Morgan fingerprint density at radius 2 is 0.909 bits per heavy atom. The van der Waals surface area contributed by atoms with Gasteiger partial charge in [0.05, 0.1) is 11.1 Å². The molecule has 0 spiro atoms. The van der Waals surface area contributed by atoms with E-state index in [1.165, 1.54) is 0 Å². The van der Waals surface area contributed by atoms with Crippen molar-refractivity contribution >= 4 is 5.57 Å². The average Bonchev–Trinajstić information content (AvgIpc) is 2.35. The third kappa shape index (κ3) is 3.02. The lowest BCUT2D eigenvalue weighted by atomic mass is 9.98. The molecule has 0 N–H and O–H groups in total. The van der Waals surface area contributed by atoms with E-state index in [2.05, 4.69) is 0 Å². The minimum Gasteiger partial charge on any atom is -0.203 e. The lowest BCUT2D eigenvalue weighted by molar-refractivity contribution is -0.101. The molecule has 0 aliphatic carbocycles. The van der Waals surface area contributed by atoms with E-state index in [0.717, 1.165) is 0 Å². The summed E-state index contributed by atoms with van der Waals surface area (Å²) in [6.45, 7) is -0.194. The highest BCUT2D eigenvalue weighted by molar-refractivity contribution is 5.74. The molecule has 0 aliphatic heterocycles. The summed E-state index contributed by atoms with van der Waals surface area (Å²) in [5, 5.41) is 0. The van der Waals surface area contributed by atoms with Gasteiger partial charge < -0.3 is 0 Å². The van der Waals surface area contributed by atoms with Crippen LogP contribution in [0.1, 0.15) is 12.5 Å². The Bertz CT molecular complexity index is 604. The molecule has 11 heteroatoms. The lowest BCUT2D eigenvalue weighted by Gasteiger charge is -2.19. The number of halogens is 11. The van der Waals surface area contributed by atoms with Gasteiger partial charge in [-0.2, -0.15) is 26.3 Å². The standard InChI is InChI=1S/C11H3F11/c1-2(10(17,18)19)4(11(20,21)22)3-5(12)7(14)9(16)8(15)6(3)13/h1H3/b4-2-. The van der Waals surface area contributed by atoms with Crippen LogP contribution in [0.25, 0.3) is 5.57 Å². The molecule has 0 radical (unpaired) electrons. The molecule has 0 amide bonds. The molecule has 0 aromatic heterocycles. The molecule has 0 bridgehead atoms. The average molecular weight is 344 g/mol.